The van der Waals surface area contributed by atoms with E-state index in [1.165, 1.54) is 24.2 Å². The first-order chi connectivity index (χ1) is 16.6. The predicted molar refractivity (Wildman–Crippen MR) is 125 cm³/mol. The maximum absolute atomic E-state index is 13.6. The lowest BCUT2D eigenvalue weighted by Crippen LogP contribution is -2.55. The van der Waals surface area contributed by atoms with Crippen molar-refractivity contribution in [1.29, 1.82) is 0 Å². The number of benzene rings is 1. The number of nitrogens with zero attached hydrogens (tertiary/aromatic N) is 1. The molecule has 0 bridgehead atoms. The minimum atomic E-state index is -1.75. The third-order valence-corrected chi connectivity index (χ3v) is 6.26. The summed E-state index contributed by atoms with van der Waals surface area (Å²) in [6, 6.07) is 2.49. The molecule has 2 rings (SSSR count). The van der Waals surface area contributed by atoms with Gasteiger partial charge in [0.15, 0.2) is 17.7 Å². The zero-order chi connectivity index (χ0) is 26.1. The zero-order valence-corrected chi connectivity index (χ0v) is 20.4. The zero-order valence-electron chi connectivity index (χ0n) is 20.4. The van der Waals surface area contributed by atoms with Crippen LogP contribution in [0.3, 0.4) is 0 Å². The van der Waals surface area contributed by atoms with Gasteiger partial charge in [0.25, 0.3) is 5.91 Å². The number of ether oxygens (including phenoxy) is 1. The van der Waals surface area contributed by atoms with Crippen LogP contribution < -0.4 is 5.32 Å². The van der Waals surface area contributed by atoms with Crippen molar-refractivity contribution < 1.29 is 38.4 Å². The van der Waals surface area contributed by atoms with E-state index in [1.807, 2.05) is 13.8 Å². The molecule has 1 aliphatic rings. The fraction of sp³-hybridized carbons (Fsp3) is 0.600. The van der Waals surface area contributed by atoms with E-state index >= 15 is 0 Å². The van der Waals surface area contributed by atoms with Crippen molar-refractivity contribution in [1.82, 2.24) is 10.2 Å². The predicted octanol–water partition coefficient (Wildman–Crippen LogP) is 1.66. The van der Waals surface area contributed by atoms with E-state index in [-0.39, 0.29) is 12.5 Å². The summed E-state index contributed by atoms with van der Waals surface area (Å²) in [5.74, 6) is -3.04. The second kappa shape index (κ2) is 13.6. The number of amides is 2. The molecule has 1 saturated heterocycles. The first-order valence-electron chi connectivity index (χ1n) is 11.9. The van der Waals surface area contributed by atoms with Gasteiger partial charge >= 0.3 is 0 Å². The molecule has 0 aromatic heterocycles. The first kappa shape index (κ1) is 28.8. The van der Waals surface area contributed by atoms with Crippen LogP contribution >= 0.6 is 0 Å². The van der Waals surface area contributed by atoms with Gasteiger partial charge in [-0.15, -0.1) is 0 Å². The first-order valence-corrected chi connectivity index (χ1v) is 11.9. The molecule has 196 valence electrons. The van der Waals surface area contributed by atoms with Crippen molar-refractivity contribution in [3.05, 3.63) is 47.5 Å². The van der Waals surface area contributed by atoms with Gasteiger partial charge in [0, 0.05) is 20.2 Å². The van der Waals surface area contributed by atoms with E-state index in [1.54, 1.807) is 6.08 Å². The summed E-state index contributed by atoms with van der Waals surface area (Å²) in [6.45, 7) is 4.32. The minimum absolute atomic E-state index is 0.0478. The fourth-order valence-corrected chi connectivity index (χ4v) is 3.84. The molecular weight excluding hydrogens is 462 g/mol. The Bertz CT molecular complexity index is 884. The summed E-state index contributed by atoms with van der Waals surface area (Å²) in [5, 5.41) is 33.6. The Kier molecular flexibility index (Phi) is 11.2. The molecule has 0 radical (unpaired) electrons. The Balaban J connectivity index is 2.06. The van der Waals surface area contributed by atoms with Crippen LogP contribution in [-0.2, 0) is 20.9 Å². The quantitative estimate of drug-likeness (QED) is 0.345. The average molecular weight is 499 g/mol. The van der Waals surface area contributed by atoms with Crippen LogP contribution in [0.15, 0.2) is 30.4 Å². The molecule has 1 heterocycles. The number of carbonyl (C=O) groups excluding carboxylic acids is 2. The lowest BCUT2D eigenvalue weighted by Gasteiger charge is -2.29. The molecule has 8 nitrogen and oxygen atoms in total. The number of allylic oxidation sites excluding steroid dienone is 1. The molecule has 1 fully saturated rings. The van der Waals surface area contributed by atoms with Gasteiger partial charge < -0.3 is 30.3 Å². The topological polar surface area (TPSA) is 119 Å². The molecular formula is C25H36F2N2O6. The maximum Gasteiger partial charge on any atom is 0.252 e. The molecule has 1 aromatic carbocycles. The standard InChI is InChI=1S/C25H36F2N2O6/c1-4-15(2)8-11-20(30)21(31)22(32)23(35-3)24(33)28-19-7-5-6-12-29(25(19)34)14-16-9-10-17(26)18(27)13-16/h8-11,13,15,19-23,30-32H,4-7,12,14H2,1-3H3,(H,28,33)/b11-8+/t15?,19-,20+,21-,22+,23+/m0/s1. The third kappa shape index (κ3) is 8.06. The van der Waals surface area contributed by atoms with E-state index in [0.717, 1.165) is 18.6 Å². The fourth-order valence-electron chi connectivity index (χ4n) is 3.84. The molecule has 0 spiro atoms. The third-order valence-electron chi connectivity index (χ3n) is 6.26. The van der Waals surface area contributed by atoms with E-state index in [0.29, 0.717) is 31.4 Å². The normalized spacial score (nSPS) is 21.3. The summed E-state index contributed by atoms with van der Waals surface area (Å²) in [7, 11) is 1.17. The van der Waals surface area contributed by atoms with E-state index in [2.05, 4.69) is 5.32 Å². The van der Waals surface area contributed by atoms with Gasteiger partial charge in [-0.1, -0.05) is 38.5 Å². The van der Waals surface area contributed by atoms with Crippen molar-refractivity contribution in [3.8, 4) is 0 Å². The van der Waals surface area contributed by atoms with Crippen molar-refractivity contribution in [2.75, 3.05) is 13.7 Å². The van der Waals surface area contributed by atoms with Crippen LogP contribution in [0.1, 0.15) is 45.1 Å². The summed E-state index contributed by atoms with van der Waals surface area (Å²) < 4.78 is 31.9. The number of aliphatic hydroxyl groups excluding tert-OH is 3. The second-order valence-corrected chi connectivity index (χ2v) is 8.96. The van der Waals surface area contributed by atoms with Gasteiger partial charge in [-0.25, -0.2) is 8.78 Å². The number of methoxy groups -OCH3 is 1. The Hall–Kier alpha value is -2.40. The van der Waals surface area contributed by atoms with Crippen LogP contribution in [0.5, 0.6) is 0 Å². The van der Waals surface area contributed by atoms with Crippen LogP contribution in [0, 0.1) is 17.6 Å². The Labute approximate surface area is 204 Å². The molecule has 4 N–H and O–H groups in total. The number of likely N-dealkylation sites (tertiary alicyclic amines) is 1. The number of nitrogens with one attached hydrogen (secondary N) is 1. The van der Waals surface area contributed by atoms with Crippen LogP contribution in [0.25, 0.3) is 0 Å². The Morgan fingerprint density at radius 1 is 1.20 bits per heavy atom. The van der Waals surface area contributed by atoms with Crippen molar-refractivity contribution in [3.63, 3.8) is 0 Å². The molecule has 0 saturated carbocycles. The number of aliphatic hydroxyl groups is 3. The van der Waals surface area contributed by atoms with Crippen LogP contribution in [0.2, 0.25) is 0 Å². The number of halogens is 2. The summed E-state index contributed by atoms with van der Waals surface area (Å²) in [6.07, 6.45) is -0.883. The molecule has 35 heavy (non-hydrogen) atoms. The average Bonchev–Trinajstić information content (AvgIpc) is 3.00. The minimum Gasteiger partial charge on any atom is -0.387 e. The van der Waals surface area contributed by atoms with Gasteiger partial charge in [-0.05, 0) is 42.9 Å². The van der Waals surface area contributed by atoms with Crippen molar-refractivity contribution in [2.24, 2.45) is 5.92 Å². The maximum atomic E-state index is 13.6. The lowest BCUT2D eigenvalue weighted by atomic mass is 9.99. The molecule has 1 unspecified atom stereocenters. The number of hydrogen-bond donors (Lipinski definition) is 4. The van der Waals surface area contributed by atoms with Crippen molar-refractivity contribution >= 4 is 11.8 Å². The summed E-state index contributed by atoms with van der Waals surface area (Å²) in [5.41, 5.74) is 0.414. The number of hydrogen-bond acceptors (Lipinski definition) is 6. The van der Waals surface area contributed by atoms with E-state index in [9.17, 15) is 33.7 Å². The van der Waals surface area contributed by atoms with Gasteiger partial charge in [0.2, 0.25) is 5.91 Å². The molecule has 0 aliphatic carbocycles. The van der Waals surface area contributed by atoms with E-state index in [4.69, 9.17) is 4.74 Å². The number of carbonyl (C=O) groups is 2. The van der Waals surface area contributed by atoms with Crippen molar-refractivity contribution in [2.45, 2.75) is 76.5 Å². The largest absolute Gasteiger partial charge is 0.387 e. The van der Waals surface area contributed by atoms with Crippen LogP contribution in [0.4, 0.5) is 8.78 Å². The second-order valence-electron chi connectivity index (χ2n) is 8.96. The molecule has 1 aromatic rings. The van der Waals surface area contributed by atoms with Gasteiger partial charge in [0.1, 0.15) is 24.4 Å². The smallest absolute Gasteiger partial charge is 0.252 e. The number of rotatable bonds is 11. The summed E-state index contributed by atoms with van der Waals surface area (Å²) in [4.78, 5) is 27.4. The van der Waals surface area contributed by atoms with Gasteiger partial charge in [-0.3, -0.25) is 9.59 Å². The Morgan fingerprint density at radius 3 is 2.54 bits per heavy atom. The lowest BCUT2D eigenvalue weighted by molar-refractivity contribution is -0.151. The monoisotopic (exact) mass is 498 g/mol. The Morgan fingerprint density at radius 2 is 1.91 bits per heavy atom. The van der Waals surface area contributed by atoms with Crippen LogP contribution in [-0.4, -0.2) is 76.1 Å². The highest BCUT2D eigenvalue weighted by molar-refractivity contribution is 5.89. The highest BCUT2D eigenvalue weighted by atomic mass is 19.2. The molecule has 10 heteroatoms. The van der Waals surface area contributed by atoms with E-state index < -0.39 is 53.9 Å². The molecule has 6 atom stereocenters. The van der Waals surface area contributed by atoms with Gasteiger partial charge in [0.05, 0.1) is 0 Å². The molecule has 2 amide bonds. The highest BCUT2D eigenvalue weighted by Gasteiger charge is 2.37. The molecule has 1 aliphatic heterocycles. The highest BCUT2D eigenvalue weighted by Crippen LogP contribution is 2.18. The SMILES string of the molecule is CCC(C)/C=C/[C@@H](O)[C@H](O)[C@@H](O)[C@@H](OC)C(=O)N[C@H]1CCCCN(Cc2ccc(F)c(F)c2)C1=O. The van der Waals surface area contributed by atoms with Gasteiger partial charge in [-0.2, -0.15) is 0 Å². The summed E-state index contributed by atoms with van der Waals surface area (Å²) >= 11 is 0.